The largest absolute Gasteiger partial charge is 0.454 e. The number of benzene rings is 1. The summed E-state index contributed by atoms with van der Waals surface area (Å²) in [6.07, 6.45) is 0. The van der Waals surface area contributed by atoms with Gasteiger partial charge in [-0.1, -0.05) is 6.07 Å². The molecule has 3 rings (SSSR count). The predicted octanol–water partition coefficient (Wildman–Crippen LogP) is 0.266. The SMILES string of the molecule is CNC1COCC1C(=O)NCc1ccc2c(c1)OCO2. The van der Waals surface area contributed by atoms with Crippen LogP contribution < -0.4 is 20.1 Å². The Morgan fingerprint density at radius 1 is 1.30 bits per heavy atom. The number of carbonyl (C=O) groups is 1. The molecule has 0 radical (unpaired) electrons. The van der Waals surface area contributed by atoms with Gasteiger partial charge in [0, 0.05) is 12.6 Å². The van der Waals surface area contributed by atoms with E-state index in [1.54, 1.807) is 0 Å². The minimum Gasteiger partial charge on any atom is -0.454 e. The molecule has 2 aliphatic heterocycles. The van der Waals surface area contributed by atoms with Crippen LogP contribution in [0.4, 0.5) is 0 Å². The van der Waals surface area contributed by atoms with E-state index in [4.69, 9.17) is 14.2 Å². The van der Waals surface area contributed by atoms with Gasteiger partial charge < -0.3 is 24.8 Å². The maximum absolute atomic E-state index is 12.1. The highest BCUT2D eigenvalue weighted by atomic mass is 16.7. The molecule has 1 aromatic carbocycles. The molecule has 2 unspecified atom stereocenters. The van der Waals surface area contributed by atoms with Crippen LogP contribution in [0.15, 0.2) is 18.2 Å². The van der Waals surface area contributed by atoms with Gasteiger partial charge in [-0.15, -0.1) is 0 Å². The van der Waals surface area contributed by atoms with E-state index in [0.717, 1.165) is 17.1 Å². The molecule has 6 nitrogen and oxygen atoms in total. The van der Waals surface area contributed by atoms with Gasteiger partial charge in [0.05, 0.1) is 19.1 Å². The van der Waals surface area contributed by atoms with E-state index in [2.05, 4.69) is 10.6 Å². The summed E-state index contributed by atoms with van der Waals surface area (Å²) in [7, 11) is 1.84. The number of likely N-dealkylation sites (N-methyl/N-ethyl adjacent to an activating group) is 1. The lowest BCUT2D eigenvalue weighted by Crippen LogP contribution is -2.42. The van der Waals surface area contributed by atoms with Gasteiger partial charge in [-0.05, 0) is 24.7 Å². The van der Waals surface area contributed by atoms with E-state index in [0.29, 0.717) is 19.8 Å². The number of hydrogen-bond donors (Lipinski definition) is 2. The van der Waals surface area contributed by atoms with Crippen molar-refractivity contribution in [1.29, 1.82) is 0 Å². The number of nitrogens with one attached hydrogen (secondary N) is 2. The Morgan fingerprint density at radius 2 is 2.15 bits per heavy atom. The summed E-state index contributed by atoms with van der Waals surface area (Å²) in [4.78, 5) is 12.1. The number of fused-ring (bicyclic) bond motifs is 1. The smallest absolute Gasteiger partial charge is 0.231 e. The van der Waals surface area contributed by atoms with Gasteiger partial charge in [-0.2, -0.15) is 0 Å². The molecular formula is C14H18N2O4. The van der Waals surface area contributed by atoms with Crippen molar-refractivity contribution in [2.75, 3.05) is 27.1 Å². The summed E-state index contributed by atoms with van der Waals surface area (Å²) >= 11 is 0. The second kappa shape index (κ2) is 5.68. The zero-order chi connectivity index (χ0) is 13.9. The quantitative estimate of drug-likeness (QED) is 0.827. The molecule has 1 aromatic rings. The highest BCUT2D eigenvalue weighted by molar-refractivity contribution is 5.79. The van der Waals surface area contributed by atoms with E-state index < -0.39 is 0 Å². The summed E-state index contributed by atoms with van der Waals surface area (Å²) < 4.78 is 15.9. The molecule has 0 saturated carbocycles. The lowest BCUT2D eigenvalue weighted by Gasteiger charge is -2.16. The lowest BCUT2D eigenvalue weighted by molar-refractivity contribution is -0.125. The maximum atomic E-state index is 12.1. The van der Waals surface area contributed by atoms with Gasteiger partial charge in [0.1, 0.15) is 0 Å². The number of rotatable bonds is 4. The first kappa shape index (κ1) is 13.2. The zero-order valence-electron chi connectivity index (χ0n) is 11.3. The second-order valence-corrected chi connectivity index (χ2v) is 4.94. The molecule has 0 aromatic heterocycles. The average molecular weight is 278 g/mol. The molecule has 2 heterocycles. The van der Waals surface area contributed by atoms with Crippen molar-refractivity contribution in [3.8, 4) is 11.5 Å². The first-order chi connectivity index (χ1) is 9.78. The molecule has 1 amide bonds. The molecule has 0 aliphatic carbocycles. The highest BCUT2D eigenvalue weighted by Crippen LogP contribution is 2.32. The standard InChI is InChI=1S/C14H18N2O4/c1-15-11-7-18-6-10(11)14(17)16-5-9-2-3-12-13(4-9)20-8-19-12/h2-4,10-11,15H,5-8H2,1H3,(H,16,17). The molecule has 1 saturated heterocycles. The average Bonchev–Trinajstić information content (AvgIpc) is 3.12. The Kier molecular flexibility index (Phi) is 3.75. The predicted molar refractivity (Wildman–Crippen MR) is 71.6 cm³/mol. The summed E-state index contributed by atoms with van der Waals surface area (Å²) in [5.41, 5.74) is 0.988. The van der Waals surface area contributed by atoms with Gasteiger partial charge in [0.15, 0.2) is 11.5 Å². The topological polar surface area (TPSA) is 68.8 Å². The Balaban J connectivity index is 1.58. The zero-order valence-corrected chi connectivity index (χ0v) is 11.3. The lowest BCUT2D eigenvalue weighted by atomic mass is 10.0. The molecule has 0 spiro atoms. The van der Waals surface area contributed by atoms with Gasteiger partial charge >= 0.3 is 0 Å². The van der Waals surface area contributed by atoms with Crippen LogP contribution in [0, 0.1) is 5.92 Å². The minimum absolute atomic E-state index is 0.0134. The van der Waals surface area contributed by atoms with Crippen LogP contribution in [0.5, 0.6) is 11.5 Å². The molecule has 20 heavy (non-hydrogen) atoms. The van der Waals surface area contributed by atoms with Crippen LogP contribution in [-0.4, -0.2) is 39.0 Å². The number of carbonyl (C=O) groups excluding carboxylic acids is 1. The number of hydrogen-bond acceptors (Lipinski definition) is 5. The molecule has 2 N–H and O–H groups in total. The Bertz CT molecular complexity index is 506. The third-order valence-corrected chi connectivity index (χ3v) is 3.69. The maximum Gasteiger partial charge on any atom is 0.231 e. The third kappa shape index (κ3) is 2.57. The summed E-state index contributed by atoms with van der Waals surface area (Å²) in [5, 5.41) is 6.05. The normalized spacial score (nSPS) is 23.9. The van der Waals surface area contributed by atoms with E-state index >= 15 is 0 Å². The monoisotopic (exact) mass is 278 g/mol. The molecule has 1 fully saturated rings. The van der Waals surface area contributed by atoms with Crippen LogP contribution in [0.1, 0.15) is 5.56 Å². The van der Waals surface area contributed by atoms with Gasteiger partial charge in [0.2, 0.25) is 12.7 Å². The summed E-state index contributed by atoms with van der Waals surface area (Å²) in [5.74, 6) is 1.36. The summed E-state index contributed by atoms with van der Waals surface area (Å²) in [6.45, 7) is 1.79. The van der Waals surface area contributed by atoms with Crippen molar-refractivity contribution < 1.29 is 19.0 Å². The fourth-order valence-electron chi connectivity index (χ4n) is 2.47. The first-order valence-corrected chi connectivity index (χ1v) is 6.69. The van der Waals surface area contributed by atoms with E-state index in [-0.39, 0.29) is 24.7 Å². The van der Waals surface area contributed by atoms with Crippen LogP contribution in [-0.2, 0) is 16.1 Å². The van der Waals surface area contributed by atoms with Gasteiger partial charge in [-0.3, -0.25) is 4.79 Å². The molecule has 108 valence electrons. The van der Waals surface area contributed by atoms with Crippen molar-refractivity contribution in [2.45, 2.75) is 12.6 Å². The number of amides is 1. The van der Waals surface area contributed by atoms with Crippen molar-refractivity contribution in [2.24, 2.45) is 5.92 Å². The van der Waals surface area contributed by atoms with Crippen molar-refractivity contribution in [3.63, 3.8) is 0 Å². The fraction of sp³-hybridized carbons (Fsp3) is 0.500. The fourth-order valence-corrected chi connectivity index (χ4v) is 2.47. The molecular weight excluding hydrogens is 260 g/mol. The van der Waals surface area contributed by atoms with E-state index in [9.17, 15) is 4.79 Å². The molecule has 2 aliphatic rings. The van der Waals surface area contributed by atoms with E-state index in [1.165, 1.54) is 0 Å². The molecule has 2 atom stereocenters. The molecule has 0 bridgehead atoms. The Hall–Kier alpha value is -1.79. The van der Waals surface area contributed by atoms with Gasteiger partial charge in [-0.25, -0.2) is 0 Å². The Labute approximate surface area is 117 Å². The minimum atomic E-state index is -0.131. The van der Waals surface area contributed by atoms with Crippen molar-refractivity contribution in [3.05, 3.63) is 23.8 Å². The molecule has 6 heteroatoms. The Morgan fingerprint density at radius 3 is 3.00 bits per heavy atom. The third-order valence-electron chi connectivity index (χ3n) is 3.69. The van der Waals surface area contributed by atoms with Crippen LogP contribution in [0.2, 0.25) is 0 Å². The first-order valence-electron chi connectivity index (χ1n) is 6.69. The second-order valence-electron chi connectivity index (χ2n) is 4.94. The van der Waals surface area contributed by atoms with Crippen molar-refractivity contribution >= 4 is 5.91 Å². The summed E-state index contributed by atoms with van der Waals surface area (Å²) in [6, 6.07) is 5.77. The van der Waals surface area contributed by atoms with Gasteiger partial charge in [0.25, 0.3) is 0 Å². The van der Waals surface area contributed by atoms with Crippen LogP contribution in [0.25, 0.3) is 0 Å². The van der Waals surface area contributed by atoms with Crippen LogP contribution in [0.3, 0.4) is 0 Å². The number of ether oxygens (including phenoxy) is 3. The van der Waals surface area contributed by atoms with Crippen molar-refractivity contribution in [1.82, 2.24) is 10.6 Å². The van der Waals surface area contributed by atoms with E-state index in [1.807, 2.05) is 25.2 Å². The highest BCUT2D eigenvalue weighted by Gasteiger charge is 2.32. The van der Waals surface area contributed by atoms with Crippen LogP contribution >= 0.6 is 0 Å².